The standard InChI is InChI=1S/C20H19N3/c1-3-9-15(2)19-22-18-13-8-7-12-17(18)20(23-19)21-14-16-10-5-4-6-11-16/h3-13H,2,14H2,1H3,(H,21,22,23)/b9-3-. The maximum atomic E-state index is 4.66. The summed E-state index contributed by atoms with van der Waals surface area (Å²) in [5.74, 6) is 1.48. The Labute approximate surface area is 136 Å². The molecule has 1 N–H and O–H groups in total. The summed E-state index contributed by atoms with van der Waals surface area (Å²) in [5.41, 5.74) is 2.93. The van der Waals surface area contributed by atoms with Crippen LogP contribution in [-0.4, -0.2) is 9.97 Å². The van der Waals surface area contributed by atoms with Gasteiger partial charge >= 0.3 is 0 Å². The van der Waals surface area contributed by atoms with E-state index in [-0.39, 0.29) is 0 Å². The van der Waals surface area contributed by atoms with E-state index < -0.39 is 0 Å². The smallest absolute Gasteiger partial charge is 0.161 e. The zero-order valence-corrected chi connectivity index (χ0v) is 13.2. The van der Waals surface area contributed by atoms with Gasteiger partial charge in [0.25, 0.3) is 0 Å². The normalized spacial score (nSPS) is 11.0. The fourth-order valence-corrected chi connectivity index (χ4v) is 2.41. The number of benzene rings is 2. The van der Waals surface area contributed by atoms with Crippen LogP contribution in [0.3, 0.4) is 0 Å². The van der Waals surface area contributed by atoms with Gasteiger partial charge in [-0.1, -0.05) is 61.2 Å². The average Bonchev–Trinajstić information content (AvgIpc) is 2.60. The number of anilines is 1. The molecule has 3 nitrogen and oxygen atoms in total. The van der Waals surface area contributed by atoms with Crippen molar-refractivity contribution in [2.45, 2.75) is 13.5 Å². The summed E-state index contributed by atoms with van der Waals surface area (Å²) >= 11 is 0. The Balaban J connectivity index is 1.98. The molecule has 0 aliphatic carbocycles. The maximum absolute atomic E-state index is 4.66. The molecule has 1 heterocycles. The van der Waals surface area contributed by atoms with Crippen LogP contribution in [0.5, 0.6) is 0 Å². The number of allylic oxidation sites excluding steroid dienone is 3. The van der Waals surface area contributed by atoms with Crippen LogP contribution < -0.4 is 5.32 Å². The molecule has 0 amide bonds. The van der Waals surface area contributed by atoms with Crippen LogP contribution in [0.25, 0.3) is 16.5 Å². The van der Waals surface area contributed by atoms with Crippen LogP contribution in [0.15, 0.2) is 73.3 Å². The first-order valence-corrected chi connectivity index (χ1v) is 7.64. The van der Waals surface area contributed by atoms with Gasteiger partial charge in [0.05, 0.1) is 5.52 Å². The molecule has 3 rings (SSSR count). The number of hydrogen-bond acceptors (Lipinski definition) is 3. The van der Waals surface area contributed by atoms with Crippen molar-refractivity contribution in [3.8, 4) is 0 Å². The minimum absolute atomic E-state index is 0.650. The average molecular weight is 301 g/mol. The van der Waals surface area contributed by atoms with E-state index in [1.165, 1.54) is 5.56 Å². The molecule has 1 aromatic heterocycles. The number of fused-ring (bicyclic) bond motifs is 1. The summed E-state index contributed by atoms with van der Waals surface area (Å²) in [7, 11) is 0. The van der Waals surface area contributed by atoms with Crippen molar-refractivity contribution in [3.63, 3.8) is 0 Å². The summed E-state index contributed by atoms with van der Waals surface area (Å²) < 4.78 is 0. The van der Waals surface area contributed by atoms with E-state index in [2.05, 4.69) is 34.0 Å². The van der Waals surface area contributed by atoms with E-state index in [9.17, 15) is 0 Å². The van der Waals surface area contributed by atoms with Crippen molar-refractivity contribution in [1.82, 2.24) is 9.97 Å². The number of para-hydroxylation sites is 1. The fraction of sp³-hybridized carbons (Fsp3) is 0.100. The topological polar surface area (TPSA) is 37.8 Å². The predicted molar refractivity (Wildman–Crippen MR) is 97.2 cm³/mol. The summed E-state index contributed by atoms with van der Waals surface area (Å²) in [6, 6.07) is 18.3. The lowest BCUT2D eigenvalue weighted by Crippen LogP contribution is -2.05. The minimum atomic E-state index is 0.650. The van der Waals surface area contributed by atoms with Gasteiger partial charge in [-0.05, 0) is 24.6 Å². The predicted octanol–water partition coefficient (Wildman–Crippen LogP) is 4.83. The van der Waals surface area contributed by atoms with Crippen molar-refractivity contribution in [2.24, 2.45) is 0 Å². The molecule has 0 unspecified atom stereocenters. The SMILES string of the molecule is C=C(/C=C\C)c1nc(NCc2ccccc2)c2ccccc2n1. The number of nitrogens with one attached hydrogen (secondary N) is 1. The molecule has 0 spiro atoms. The first-order chi connectivity index (χ1) is 11.3. The number of hydrogen-bond donors (Lipinski definition) is 1. The van der Waals surface area contributed by atoms with Gasteiger partial charge in [-0.15, -0.1) is 0 Å². The highest BCUT2D eigenvalue weighted by Crippen LogP contribution is 2.23. The third-order valence-electron chi connectivity index (χ3n) is 3.56. The lowest BCUT2D eigenvalue weighted by Gasteiger charge is -2.11. The van der Waals surface area contributed by atoms with Gasteiger partial charge in [0, 0.05) is 17.5 Å². The first kappa shape index (κ1) is 15.0. The van der Waals surface area contributed by atoms with Crippen molar-refractivity contribution < 1.29 is 0 Å². The van der Waals surface area contributed by atoms with E-state index in [0.29, 0.717) is 5.82 Å². The third-order valence-corrected chi connectivity index (χ3v) is 3.56. The zero-order chi connectivity index (χ0) is 16.1. The number of rotatable bonds is 5. The highest BCUT2D eigenvalue weighted by Gasteiger charge is 2.08. The monoisotopic (exact) mass is 301 g/mol. The van der Waals surface area contributed by atoms with Crippen molar-refractivity contribution in [2.75, 3.05) is 5.32 Å². The largest absolute Gasteiger partial charge is 0.365 e. The Kier molecular flexibility index (Phi) is 4.48. The Bertz CT molecular complexity index is 851. The Morgan fingerprint density at radius 3 is 2.57 bits per heavy atom. The molecular formula is C20H19N3. The molecular weight excluding hydrogens is 282 g/mol. The molecule has 0 fully saturated rings. The zero-order valence-electron chi connectivity index (χ0n) is 13.2. The first-order valence-electron chi connectivity index (χ1n) is 7.64. The van der Waals surface area contributed by atoms with Crippen LogP contribution in [0.2, 0.25) is 0 Å². The Hall–Kier alpha value is -2.94. The molecule has 3 heteroatoms. The molecule has 0 saturated carbocycles. The molecule has 0 aliphatic heterocycles. The van der Waals surface area contributed by atoms with Crippen LogP contribution in [0.4, 0.5) is 5.82 Å². The van der Waals surface area contributed by atoms with Gasteiger partial charge in [-0.3, -0.25) is 0 Å². The van der Waals surface area contributed by atoms with E-state index in [1.54, 1.807) is 0 Å². The molecule has 0 bridgehead atoms. The van der Waals surface area contributed by atoms with Crippen molar-refractivity contribution >= 4 is 22.3 Å². The summed E-state index contributed by atoms with van der Waals surface area (Å²) in [5, 5.41) is 4.44. The van der Waals surface area contributed by atoms with E-state index in [0.717, 1.165) is 28.8 Å². The van der Waals surface area contributed by atoms with Crippen molar-refractivity contribution in [1.29, 1.82) is 0 Å². The lowest BCUT2D eigenvalue weighted by atomic mass is 10.2. The van der Waals surface area contributed by atoms with E-state index >= 15 is 0 Å². The van der Waals surface area contributed by atoms with Gasteiger partial charge in [-0.25, -0.2) is 9.97 Å². The van der Waals surface area contributed by atoms with Crippen LogP contribution in [0, 0.1) is 0 Å². The molecule has 0 aliphatic rings. The summed E-state index contributed by atoms with van der Waals surface area (Å²) in [6.07, 6.45) is 3.86. The van der Waals surface area contributed by atoms with Gasteiger partial charge < -0.3 is 5.32 Å². The highest BCUT2D eigenvalue weighted by atomic mass is 15.0. The summed E-state index contributed by atoms with van der Waals surface area (Å²) in [4.78, 5) is 9.27. The lowest BCUT2D eigenvalue weighted by molar-refractivity contribution is 1.09. The van der Waals surface area contributed by atoms with Gasteiger partial charge in [0.1, 0.15) is 5.82 Å². The quantitative estimate of drug-likeness (QED) is 0.686. The van der Waals surface area contributed by atoms with Crippen LogP contribution >= 0.6 is 0 Å². The van der Waals surface area contributed by atoms with Crippen LogP contribution in [-0.2, 0) is 6.54 Å². The molecule has 2 aromatic carbocycles. The second-order valence-corrected chi connectivity index (χ2v) is 5.28. The molecule has 0 atom stereocenters. The molecule has 0 radical (unpaired) electrons. The van der Waals surface area contributed by atoms with E-state index in [4.69, 9.17) is 0 Å². The Morgan fingerprint density at radius 1 is 1.04 bits per heavy atom. The van der Waals surface area contributed by atoms with Crippen LogP contribution in [0.1, 0.15) is 18.3 Å². The van der Waals surface area contributed by atoms with Gasteiger partial charge in [0.15, 0.2) is 5.82 Å². The Morgan fingerprint density at radius 2 is 1.78 bits per heavy atom. The second-order valence-electron chi connectivity index (χ2n) is 5.28. The number of aromatic nitrogens is 2. The number of nitrogens with zero attached hydrogens (tertiary/aromatic N) is 2. The molecule has 0 saturated heterocycles. The fourth-order valence-electron chi connectivity index (χ4n) is 2.41. The molecule has 23 heavy (non-hydrogen) atoms. The summed E-state index contributed by atoms with van der Waals surface area (Å²) in [6.45, 7) is 6.72. The molecule has 3 aromatic rings. The molecule has 114 valence electrons. The highest BCUT2D eigenvalue weighted by molar-refractivity contribution is 5.90. The van der Waals surface area contributed by atoms with Gasteiger partial charge in [-0.2, -0.15) is 0 Å². The van der Waals surface area contributed by atoms with Crippen molar-refractivity contribution in [3.05, 3.63) is 84.7 Å². The maximum Gasteiger partial charge on any atom is 0.161 e. The van der Waals surface area contributed by atoms with Gasteiger partial charge in [0.2, 0.25) is 0 Å². The van der Waals surface area contributed by atoms with E-state index in [1.807, 2.05) is 61.5 Å². The minimum Gasteiger partial charge on any atom is -0.365 e. The third kappa shape index (κ3) is 3.46. The second kappa shape index (κ2) is 6.88.